The van der Waals surface area contributed by atoms with Crippen molar-refractivity contribution in [3.63, 3.8) is 0 Å². The molecule has 2 aromatic rings. The first-order chi connectivity index (χ1) is 16.9. The largest absolute Gasteiger partial charge is 0.461 e. The number of halogens is 3. The molecule has 1 aromatic carbocycles. The van der Waals surface area contributed by atoms with Crippen LogP contribution in [0.2, 0.25) is 0 Å². The molecule has 0 aliphatic carbocycles. The fourth-order valence-electron chi connectivity index (χ4n) is 5.00. The summed E-state index contributed by atoms with van der Waals surface area (Å²) in [6.45, 7) is 7.74. The van der Waals surface area contributed by atoms with Crippen LogP contribution in [0.3, 0.4) is 0 Å². The van der Waals surface area contributed by atoms with E-state index in [-0.39, 0.29) is 17.9 Å². The minimum Gasteiger partial charge on any atom is -0.461 e. The second kappa shape index (κ2) is 9.88. The second-order valence-corrected chi connectivity index (χ2v) is 10.5. The third-order valence-corrected chi connectivity index (χ3v) is 7.04. The summed E-state index contributed by atoms with van der Waals surface area (Å²) in [5.41, 5.74) is -0.137. The van der Waals surface area contributed by atoms with Crippen LogP contribution in [-0.2, 0) is 35.0 Å². The zero-order chi connectivity index (χ0) is 26.1. The number of carbonyl (C=O) groups excluding carboxylic acids is 2. The standard InChI is InChI=1S/C26H32F3N3O4/c1-4-19-21-20(13-25(14-30-22(21)33)9-11-35-12-10-25)32(31-19)15-24(2,3)16-36-23(34)17-7-5-6-8-18(17)26(27,28)29/h5-8H,4,9-16H2,1-3H3,(H,30,33). The Bertz CT molecular complexity index is 1130. The summed E-state index contributed by atoms with van der Waals surface area (Å²) in [7, 11) is 0. The van der Waals surface area contributed by atoms with Gasteiger partial charge in [0, 0.05) is 31.7 Å². The molecule has 0 saturated carbocycles. The van der Waals surface area contributed by atoms with E-state index in [2.05, 4.69) is 5.32 Å². The van der Waals surface area contributed by atoms with Crippen molar-refractivity contribution >= 4 is 11.9 Å². The van der Waals surface area contributed by atoms with E-state index < -0.39 is 28.7 Å². The zero-order valence-electron chi connectivity index (χ0n) is 20.8. The SMILES string of the molecule is CCc1nn(CC(C)(C)COC(=O)c2ccccc2C(F)(F)F)c2c1C(=O)NCC1(CCOCC1)C2. The van der Waals surface area contributed by atoms with Crippen molar-refractivity contribution < 1.29 is 32.2 Å². The van der Waals surface area contributed by atoms with Gasteiger partial charge >= 0.3 is 12.1 Å². The van der Waals surface area contributed by atoms with Gasteiger partial charge in [0.2, 0.25) is 0 Å². The molecule has 4 rings (SSSR count). The van der Waals surface area contributed by atoms with E-state index in [0.29, 0.717) is 50.4 Å². The van der Waals surface area contributed by atoms with E-state index in [0.717, 1.165) is 30.7 Å². The van der Waals surface area contributed by atoms with Crippen molar-refractivity contribution in [1.29, 1.82) is 0 Å². The number of aromatic nitrogens is 2. The predicted molar refractivity (Wildman–Crippen MR) is 126 cm³/mol. The summed E-state index contributed by atoms with van der Waals surface area (Å²) >= 11 is 0. The highest BCUT2D eigenvalue weighted by atomic mass is 19.4. The Balaban J connectivity index is 1.55. The number of aryl methyl sites for hydroxylation is 1. The van der Waals surface area contributed by atoms with Crippen LogP contribution in [0.1, 0.15) is 71.3 Å². The molecule has 2 aliphatic rings. The minimum atomic E-state index is -4.66. The van der Waals surface area contributed by atoms with E-state index >= 15 is 0 Å². The number of hydrogen-bond acceptors (Lipinski definition) is 5. The number of esters is 1. The maximum absolute atomic E-state index is 13.3. The highest BCUT2D eigenvalue weighted by Crippen LogP contribution is 2.38. The lowest BCUT2D eigenvalue weighted by Crippen LogP contribution is -2.41. The van der Waals surface area contributed by atoms with Gasteiger partial charge in [0.05, 0.1) is 34.7 Å². The number of nitrogens with one attached hydrogen (secondary N) is 1. The molecule has 196 valence electrons. The summed E-state index contributed by atoms with van der Waals surface area (Å²) in [5, 5.41) is 7.81. The van der Waals surface area contributed by atoms with Crippen LogP contribution < -0.4 is 5.32 Å². The molecule has 0 atom stereocenters. The van der Waals surface area contributed by atoms with Gasteiger partial charge in [-0.3, -0.25) is 9.48 Å². The van der Waals surface area contributed by atoms with Gasteiger partial charge in [-0.15, -0.1) is 0 Å². The van der Waals surface area contributed by atoms with Crippen LogP contribution in [0.25, 0.3) is 0 Å². The first-order valence-corrected chi connectivity index (χ1v) is 12.2. The van der Waals surface area contributed by atoms with Crippen LogP contribution in [0.15, 0.2) is 24.3 Å². The molecule has 1 fully saturated rings. The maximum Gasteiger partial charge on any atom is 0.417 e. The van der Waals surface area contributed by atoms with Crippen LogP contribution in [0.5, 0.6) is 0 Å². The Morgan fingerprint density at radius 3 is 2.58 bits per heavy atom. The van der Waals surface area contributed by atoms with Crippen LogP contribution in [0, 0.1) is 10.8 Å². The number of amides is 1. The van der Waals surface area contributed by atoms with Gasteiger partial charge in [-0.1, -0.05) is 32.9 Å². The van der Waals surface area contributed by atoms with Crippen molar-refractivity contribution in [1.82, 2.24) is 15.1 Å². The number of ether oxygens (including phenoxy) is 2. The molecule has 7 nitrogen and oxygen atoms in total. The topological polar surface area (TPSA) is 82.5 Å². The molecule has 1 N–H and O–H groups in total. The number of carbonyl (C=O) groups is 2. The first-order valence-electron chi connectivity index (χ1n) is 12.2. The lowest BCUT2D eigenvalue weighted by molar-refractivity contribution is -0.138. The monoisotopic (exact) mass is 507 g/mol. The zero-order valence-corrected chi connectivity index (χ0v) is 20.8. The molecule has 1 amide bonds. The summed E-state index contributed by atoms with van der Waals surface area (Å²) in [4.78, 5) is 25.6. The number of rotatable bonds is 6. The molecule has 10 heteroatoms. The molecule has 0 bridgehead atoms. The van der Waals surface area contributed by atoms with E-state index in [1.807, 2.05) is 25.5 Å². The van der Waals surface area contributed by atoms with Gasteiger partial charge in [-0.25, -0.2) is 4.79 Å². The van der Waals surface area contributed by atoms with Crippen molar-refractivity contribution in [3.05, 3.63) is 52.3 Å². The fourth-order valence-corrected chi connectivity index (χ4v) is 5.00. The highest BCUT2D eigenvalue weighted by molar-refractivity contribution is 5.97. The Hall–Kier alpha value is -2.88. The molecule has 1 aromatic heterocycles. The van der Waals surface area contributed by atoms with E-state index in [1.54, 1.807) is 0 Å². The van der Waals surface area contributed by atoms with Gasteiger partial charge in [0.15, 0.2) is 0 Å². The second-order valence-electron chi connectivity index (χ2n) is 10.5. The molecule has 2 aliphatic heterocycles. The molecular weight excluding hydrogens is 475 g/mol. The third-order valence-electron chi connectivity index (χ3n) is 7.04. The predicted octanol–water partition coefficient (Wildman–Crippen LogP) is 4.43. The molecule has 1 saturated heterocycles. The Labute approximate surface area is 208 Å². The number of fused-ring (bicyclic) bond motifs is 1. The van der Waals surface area contributed by atoms with E-state index in [1.165, 1.54) is 12.1 Å². The van der Waals surface area contributed by atoms with Crippen molar-refractivity contribution in [2.24, 2.45) is 10.8 Å². The van der Waals surface area contributed by atoms with Gasteiger partial charge in [0.1, 0.15) is 0 Å². The molecule has 0 radical (unpaired) electrons. The minimum absolute atomic E-state index is 0.111. The smallest absolute Gasteiger partial charge is 0.417 e. The molecule has 36 heavy (non-hydrogen) atoms. The van der Waals surface area contributed by atoms with Crippen molar-refractivity contribution in [3.8, 4) is 0 Å². The van der Waals surface area contributed by atoms with Crippen molar-refractivity contribution in [2.45, 2.75) is 59.2 Å². The van der Waals surface area contributed by atoms with E-state index in [9.17, 15) is 22.8 Å². The third kappa shape index (κ3) is 5.43. The average Bonchev–Trinajstić information content (AvgIpc) is 3.09. The van der Waals surface area contributed by atoms with Gasteiger partial charge < -0.3 is 14.8 Å². The Kier molecular flexibility index (Phi) is 7.19. The van der Waals surface area contributed by atoms with E-state index in [4.69, 9.17) is 14.6 Å². The van der Waals surface area contributed by atoms with Gasteiger partial charge in [-0.05, 0) is 43.2 Å². The number of nitrogens with zero attached hydrogens (tertiary/aromatic N) is 2. The quantitative estimate of drug-likeness (QED) is 0.585. The summed E-state index contributed by atoms with van der Waals surface area (Å²) in [6, 6.07) is 4.59. The summed E-state index contributed by atoms with van der Waals surface area (Å²) in [5.74, 6) is -1.16. The molecule has 1 spiro atoms. The maximum atomic E-state index is 13.3. The molecular formula is C26H32F3N3O4. The highest BCUT2D eigenvalue weighted by Gasteiger charge is 2.40. The lowest BCUT2D eigenvalue weighted by Gasteiger charge is -2.36. The summed E-state index contributed by atoms with van der Waals surface area (Å²) in [6.07, 6.45) is -1.73. The Morgan fingerprint density at radius 2 is 1.92 bits per heavy atom. The van der Waals surface area contributed by atoms with Crippen molar-refractivity contribution in [2.75, 3.05) is 26.4 Å². The Morgan fingerprint density at radius 1 is 1.22 bits per heavy atom. The van der Waals surface area contributed by atoms with Crippen LogP contribution >= 0.6 is 0 Å². The number of alkyl halides is 3. The summed E-state index contributed by atoms with van der Waals surface area (Å²) < 4.78 is 52.7. The molecule has 0 unspecified atom stereocenters. The molecule has 3 heterocycles. The van der Waals surface area contributed by atoms with Gasteiger partial charge in [-0.2, -0.15) is 18.3 Å². The first kappa shape index (κ1) is 26.2. The number of benzene rings is 1. The van der Waals surface area contributed by atoms with Crippen LogP contribution in [-0.4, -0.2) is 48.0 Å². The van der Waals surface area contributed by atoms with Gasteiger partial charge in [0.25, 0.3) is 5.91 Å². The number of hydrogen-bond donors (Lipinski definition) is 1. The normalized spacial score (nSPS) is 17.9. The lowest BCUT2D eigenvalue weighted by atomic mass is 9.76. The van der Waals surface area contributed by atoms with Crippen LogP contribution in [0.4, 0.5) is 13.2 Å². The fraction of sp³-hybridized carbons (Fsp3) is 0.577. The average molecular weight is 508 g/mol.